The second kappa shape index (κ2) is 5.44. The summed E-state index contributed by atoms with van der Waals surface area (Å²) in [5, 5.41) is 0. The Kier molecular flexibility index (Phi) is 3.48. The number of carbonyl (C=O) groups is 1. The summed E-state index contributed by atoms with van der Waals surface area (Å²) < 4.78 is 0. The monoisotopic (exact) mass is 278 g/mol. The van der Waals surface area contributed by atoms with Crippen molar-refractivity contribution in [2.24, 2.45) is 5.73 Å². The number of allylic oxidation sites excluding steroid dienone is 1. The van der Waals surface area contributed by atoms with Crippen LogP contribution in [0.25, 0.3) is 0 Å². The lowest BCUT2D eigenvalue weighted by molar-refractivity contribution is -0.119. The molecule has 3 nitrogen and oxygen atoms in total. The molecule has 21 heavy (non-hydrogen) atoms. The Balaban J connectivity index is 2.09. The van der Waals surface area contributed by atoms with Crippen molar-refractivity contribution in [2.45, 2.75) is 11.8 Å². The fourth-order valence-corrected chi connectivity index (χ4v) is 3.00. The maximum absolute atomic E-state index is 12.1. The molecular weight excluding hydrogens is 260 g/mol. The summed E-state index contributed by atoms with van der Waals surface area (Å²) in [4.78, 5) is 14.1. The predicted octanol–water partition coefficient (Wildman–Crippen LogP) is 3.00. The zero-order chi connectivity index (χ0) is 14.8. The Morgan fingerprint density at radius 2 is 1.76 bits per heavy atom. The molecule has 1 heterocycles. The standard InChI is InChI=1S/C18H18N2O/c1-20-12-11-15(14-9-5-6-10-16(14)20)17(18(19)21)13-7-3-2-4-8-13/h2-12,15,17H,1H3,(H2,19,21)/t15-,17-/m1/s1. The van der Waals surface area contributed by atoms with Gasteiger partial charge in [-0.1, -0.05) is 54.6 Å². The van der Waals surface area contributed by atoms with Crippen molar-refractivity contribution in [3.05, 3.63) is 78.0 Å². The molecule has 1 aliphatic rings. The molecule has 1 aliphatic heterocycles. The highest BCUT2D eigenvalue weighted by molar-refractivity contribution is 5.84. The zero-order valence-corrected chi connectivity index (χ0v) is 11.9. The van der Waals surface area contributed by atoms with Gasteiger partial charge in [0.25, 0.3) is 0 Å². The van der Waals surface area contributed by atoms with Crippen molar-refractivity contribution in [1.29, 1.82) is 0 Å². The first-order chi connectivity index (χ1) is 10.2. The van der Waals surface area contributed by atoms with Crippen LogP contribution >= 0.6 is 0 Å². The normalized spacial score (nSPS) is 18.1. The van der Waals surface area contributed by atoms with E-state index in [2.05, 4.69) is 23.1 Å². The van der Waals surface area contributed by atoms with Crippen molar-refractivity contribution in [1.82, 2.24) is 0 Å². The lowest BCUT2D eigenvalue weighted by atomic mass is 9.79. The molecule has 2 N–H and O–H groups in total. The molecular formula is C18H18N2O. The fourth-order valence-electron chi connectivity index (χ4n) is 3.00. The number of nitrogens with zero attached hydrogens (tertiary/aromatic N) is 1. The van der Waals surface area contributed by atoms with Crippen LogP contribution in [0.5, 0.6) is 0 Å². The van der Waals surface area contributed by atoms with Crippen LogP contribution in [0.2, 0.25) is 0 Å². The van der Waals surface area contributed by atoms with E-state index in [1.807, 2.05) is 55.7 Å². The molecule has 3 rings (SSSR count). The molecule has 0 saturated carbocycles. The Morgan fingerprint density at radius 3 is 2.48 bits per heavy atom. The molecule has 2 atom stereocenters. The van der Waals surface area contributed by atoms with Crippen LogP contribution in [0.4, 0.5) is 5.69 Å². The third-order valence-corrected chi connectivity index (χ3v) is 4.02. The number of nitrogens with two attached hydrogens (primary N) is 1. The number of fused-ring (bicyclic) bond motifs is 1. The van der Waals surface area contributed by atoms with Gasteiger partial charge in [0, 0.05) is 24.9 Å². The number of primary amides is 1. The summed E-state index contributed by atoms with van der Waals surface area (Å²) in [6.45, 7) is 0. The van der Waals surface area contributed by atoms with Gasteiger partial charge in [0.2, 0.25) is 5.91 Å². The van der Waals surface area contributed by atoms with E-state index in [9.17, 15) is 4.79 Å². The van der Waals surface area contributed by atoms with Gasteiger partial charge < -0.3 is 10.6 Å². The van der Waals surface area contributed by atoms with Crippen LogP contribution in [0, 0.1) is 0 Å². The molecule has 0 radical (unpaired) electrons. The minimum absolute atomic E-state index is 0.0303. The van der Waals surface area contributed by atoms with E-state index in [1.165, 1.54) is 0 Å². The maximum atomic E-state index is 12.1. The lowest BCUT2D eigenvalue weighted by Gasteiger charge is -2.31. The third kappa shape index (κ3) is 2.42. The van der Waals surface area contributed by atoms with Gasteiger partial charge in [0.05, 0.1) is 5.92 Å². The molecule has 0 unspecified atom stereocenters. The number of benzene rings is 2. The van der Waals surface area contributed by atoms with Gasteiger partial charge in [-0.2, -0.15) is 0 Å². The SMILES string of the molecule is CN1C=C[C@@H]([C@H](C(N)=O)c2ccccc2)c2ccccc21. The van der Waals surface area contributed by atoms with E-state index < -0.39 is 0 Å². The molecule has 0 aliphatic carbocycles. The van der Waals surface area contributed by atoms with Crippen molar-refractivity contribution < 1.29 is 4.79 Å². The fraction of sp³-hybridized carbons (Fsp3) is 0.167. The van der Waals surface area contributed by atoms with Crippen molar-refractivity contribution in [2.75, 3.05) is 11.9 Å². The average Bonchev–Trinajstić information content (AvgIpc) is 2.51. The lowest BCUT2D eigenvalue weighted by Crippen LogP contribution is -2.29. The summed E-state index contributed by atoms with van der Waals surface area (Å²) in [7, 11) is 2.01. The van der Waals surface area contributed by atoms with Gasteiger partial charge in [0.1, 0.15) is 0 Å². The summed E-state index contributed by atoms with van der Waals surface area (Å²) in [5.41, 5.74) is 8.91. The van der Waals surface area contributed by atoms with E-state index in [0.29, 0.717) is 0 Å². The van der Waals surface area contributed by atoms with Crippen LogP contribution in [0.1, 0.15) is 23.0 Å². The smallest absolute Gasteiger partial charge is 0.225 e. The van der Waals surface area contributed by atoms with E-state index in [-0.39, 0.29) is 17.7 Å². The molecule has 3 heteroatoms. The van der Waals surface area contributed by atoms with E-state index in [1.54, 1.807) is 0 Å². The van der Waals surface area contributed by atoms with Crippen LogP contribution in [-0.4, -0.2) is 13.0 Å². The van der Waals surface area contributed by atoms with Crippen LogP contribution in [-0.2, 0) is 4.79 Å². The van der Waals surface area contributed by atoms with Gasteiger partial charge in [-0.05, 0) is 17.2 Å². The van der Waals surface area contributed by atoms with Gasteiger partial charge >= 0.3 is 0 Å². The number of rotatable bonds is 3. The minimum atomic E-state index is -0.350. The maximum Gasteiger partial charge on any atom is 0.225 e. The molecule has 1 amide bonds. The first-order valence-corrected chi connectivity index (χ1v) is 7.03. The highest BCUT2D eigenvalue weighted by Crippen LogP contribution is 2.41. The topological polar surface area (TPSA) is 46.3 Å². The van der Waals surface area contributed by atoms with Crippen molar-refractivity contribution in [3.63, 3.8) is 0 Å². The predicted molar refractivity (Wildman–Crippen MR) is 85.1 cm³/mol. The first-order valence-electron chi connectivity index (χ1n) is 7.03. The van der Waals surface area contributed by atoms with Gasteiger partial charge in [-0.25, -0.2) is 0 Å². The Bertz CT molecular complexity index is 679. The highest BCUT2D eigenvalue weighted by atomic mass is 16.1. The van der Waals surface area contributed by atoms with Crippen molar-refractivity contribution >= 4 is 11.6 Å². The Labute approximate surface area is 124 Å². The number of para-hydroxylation sites is 1. The molecule has 2 aromatic carbocycles. The summed E-state index contributed by atoms with van der Waals surface area (Å²) >= 11 is 0. The number of hydrogen-bond acceptors (Lipinski definition) is 2. The van der Waals surface area contributed by atoms with E-state index in [0.717, 1.165) is 16.8 Å². The quantitative estimate of drug-likeness (QED) is 0.938. The Hall–Kier alpha value is -2.55. The van der Waals surface area contributed by atoms with Crippen LogP contribution in [0.3, 0.4) is 0 Å². The zero-order valence-electron chi connectivity index (χ0n) is 11.9. The van der Waals surface area contributed by atoms with Crippen LogP contribution < -0.4 is 10.6 Å². The molecule has 0 aromatic heterocycles. The molecule has 0 fully saturated rings. The largest absolute Gasteiger partial charge is 0.369 e. The number of hydrogen-bond donors (Lipinski definition) is 1. The number of carbonyl (C=O) groups excluding carboxylic acids is 1. The Morgan fingerprint density at radius 1 is 1.10 bits per heavy atom. The molecule has 2 aromatic rings. The van der Waals surface area contributed by atoms with E-state index >= 15 is 0 Å². The third-order valence-electron chi connectivity index (χ3n) is 4.02. The molecule has 0 saturated heterocycles. The second-order valence-corrected chi connectivity index (χ2v) is 5.33. The summed E-state index contributed by atoms with van der Waals surface area (Å²) in [6.07, 6.45) is 4.07. The van der Waals surface area contributed by atoms with E-state index in [4.69, 9.17) is 5.73 Å². The highest BCUT2D eigenvalue weighted by Gasteiger charge is 2.31. The average molecular weight is 278 g/mol. The van der Waals surface area contributed by atoms with Crippen LogP contribution in [0.15, 0.2) is 66.9 Å². The minimum Gasteiger partial charge on any atom is -0.369 e. The number of anilines is 1. The first kappa shape index (κ1) is 13.4. The van der Waals surface area contributed by atoms with Gasteiger partial charge in [-0.3, -0.25) is 4.79 Å². The molecule has 106 valence electrons. The molecule has 0 spiro atoms. The van der Waals surface area contributed by atoms with Gasteiger partial charge in [0.15, 0.2) is 0 Å². The summed E-state index contributed by atoms with van der Waals surface area (Å²) in [6, 6.07) is 17.9. The van der Waals surface area contributed by atoms with Crippen molar-refractivity contribution in [3.8, 4) is 0 Å². The second-order valence-electron chi connectivity index (χ2n) is 5.33. The summed E-state index contributed by atoms with van der Waals surface area (Å²) in [5.74, 6) is -0.676. The number of amides is 1. The molecule has 0 bridgehead atoms. The van der Waals surface area contributed by atoms with Gasteiger partial charge in [-0.15, -0.1) is 0 Å².